The molecule has 3 rings (SSSR count). The normalized spacial score (nSPS) is 28.7. The van der Waals surface area contributed by atoms with Gasteiger partial charge in [-0.2, -0.15) is 0 Å². The summed E-state index contributed by atoms with van der Waals surface area (Å²) in [7, 11) is 4.45. The van der Waals surface area contributed by atoms with Crippen LogP contribution in [-0.2, 0) is 0 Å². The summed E-state index contributed by atoms with van der Waals surface area (Å²) in [5.74, 6) is 0. The van der Waals surface area contributed by atoms with Crippen molar-refractivity contribution in [1.82, 2.24) is 4.90 Å². The Kier molecular flexibility index (Phi) is 5.33. The van der Waals surface area contributed by atoms with Gasteiger partial charge in [0, 0.05) is 37.2 Å². The lowest BCUT2D eigenvalue weighted by molar-refractivity contribution is -0.487. The van der Waals surface area contributed by atoms with E-state index in [0.29, 0.717) is 10.8 Å². The summed E-state index contributed by atoms with van der Waals surface area (Å²) in [6, 6.07) is 0. The van der Waals surface area contributed by atoms with Crippen molar-refractivity contribution in [1.29, 1.82) is 0 Å². The van der Waals surface area contributed by atoms with Crippen molar-refractivity contribution in [3.8, 4) is 0 Å². The number of allylic oxidation sites excluding steroid dienone is 8. The minimum absolute atomic E-state index is 0.308. The summed E-state index contributed by atoms with van der Waals surface area (Å²) in [6.07, 6.45) is 18.1. The maximum Gasteiger partial charge on any atom is 0.181 e. The molecule has 1 saturated heterocycles. The van der Waals surface area contributed by atoms with Gasteiger partial charge in [0.05, 0.1) is 5.41 Å². The van der Waals surface area contributed by atoms with Crippen LogP contribution in [0.5, 0.6) is 0 Å². The second-order valence-corrected chi connectivity index (χ2v) is 9.70. The van der Waals surface area contributed by atoms with Crippen LogP contribution in [0.3, 0.4) is 0 Å². The summed E-state index contributed by atoms with van der Waals surface area (Å²) in [5.41, 5.74) is 6.52. The fraction of sp³-hybridized carbons (Fsp3) is 0.625. The molecule has 0 amide bonds. The molecule has 1 fully saturated rings. The molecule has 2 aliphatic heterocycles. The average Bonchev–Trinajstić information content (AvgIpc) is 2.99. The van der Waals surface area contributed by atoms with E-state index < -0.39 is 0 Å². The van der Waals surface area contributed by atoms with E-state index in [9.17, 15) is 0 Å². The summed E-state index contributed by atoms with van der Waals surface area (Å²) in [6.45, 7) is 11.8. The highest BCUT2D eigenvalue weighted by atomic mass is 15.1. The van der Waals surface area contributed by atoms with Crippen LogP contribution in [0.1, 0.15) is 59.8 Å². The van der Waals surface area contributed by atoms with Crippen LogP contribution in [-0.4, -0.2) is 42.4 Å². The van der Waals surface area contributed by atoms with E-state index in [1.165, 1.54) is 67.7 Å². The molecule has 0 saturated carbocycles. The van der Waals surface area contributed by atoms with Gasteiger partial charge in [0.15, 0.2) is 5.71 Å². The molecule has 0 bridgehead atoms. The van der Waals surface area contributed by atoms with E-state index in [0.717, 1.165) is 0 Å². The fourth-order valence-electron chi connectivity index (χ4n) is 4.64. The van der Waals surface area contributed by atoms with E-state index in [1.807, 2.05) is 0 Å². The van der Waals surface area contributed by atoms with Gasteiger partial charge < -0.3 is 4.90 Å². The van der Waals surface area contributed by atoms with Gasteiger partial charge in [0.2, 0.25) is 0 Å². The number of hydrogen-bond donors (Lipinski definition) is 0. The van der Waals surface area contributed by atoms with Crippen LogP contribution < -0.4 is 0 Å². The monoisotopic (exact) mass is 353 g/mol. The van der Waals surface area contributed by atoms with Crippen molar-refractivity contribution >= 4 is 5.71 Å². The van der Waals surface area contributed by atoms with Crippen molar-refractivity contribution < 1.29 is 4.58 Å². The third-order valence-corrected chi connectivity index (χ3v) is 6.57. The molecule has 2 heteroatoms. The van der Waals surface area contributed by atoms with Crippen molar-refractivity contribution in [2.75, 3.05) is 27.2 Å². The summed E-state index contributed by atoms with van der Waals surface area (Å²) < 4.78 is 2.42. The molecule has 0 aromatic heterocycles. The van der Waals surface area contributed by atoms with Gasteiger partial charge in [0.25, 0.3) is 0 Å². The van der Waals surface area contributed by atoms with Gasteiger partial charge >= 0.3 is 0 Å². The number of likely N-dealkylation sites (tertiary alicyclic amines) is 1. The average molecular weight is 354 g/mol. The summed E-state index contributed by atoms with van der Waals surface area (Å²) >= 11 is 0. The molecular weight excluding hydrogens is 316 g/mol. The summed E-state index contributed by atoms with van der Waals surface area (Å²) in [5, 5.41) is 0. The topological polar surface area (TPSA) is 6.25 Å². The standard InChI is InChI=1S/C24H37N2/c1-23(2)14-16-25(5)21(23)12-10-19-8-7-9-20(18-19)11-13-22-24(3,4)15-17-26(22)6/h10-13,18H,7-9,14-17H2,1-6H3/q+1. The lowest BCUT2D eigenvalue weighted by Crippen LogP contribution is -2.21. The Morgan fingerprint density at radius 1 is 1.00 bits per heavy atom. The lowest BCUT2D eigenvalue weighted by atomic mass is 9.85. The largest absolute Gasteiger partial charge is 0.377 e. The van der Waals surface area contributed by atoms with Crippen LogP contribution >= 0.6 is 0 Å². The molecule has 1 aliphatic carbocycles. The second-order valence-electron chi connectivity index (χ2n) is 9.70. The third kappa shape index (κ3) is 4.05. The first kappa shape index (κ1) is 19.2. The Morgan fingerprint density at radius 3 is 2.38 bits per heavy atom. The van der Waals surface area contributed by atoms with E-state index in [2.05, 4.69) is 81.6 Å². The number of hydrogen-bond acceptors (Lipinski definition) is 1. The van der Waals surface area contributed by atoms with Gasteiger partial charge in [-0.15, -0.1) is 0 Å². The van der Waals surface area contributed by atoms with Crippen LogP contribution in [0.25, 0.3) is 0 Å². The quantitative estimate of drug-likeness (QED) is 0.621. The molecule has 2 heterocycles. The molecule has 0 spiro atoms. The van der Waals surface area contributed by atoms with Crippen molar-refractivity contribution in [2.45, 2.75) is 59.8 Å². The third-order valence-electron chi connectivity index (χ3n) is 6.57. The Morgan fingerprint density at radius 2 is 1.77 bits per heavy atom. The Hall–Kier alpha value is -1.57. The maximum atomic E-state index is 2.42. The van der Waals surface area contributed by atoms with Crippen LogP contribution in [0.2, 0.25) is 0 Å². The van der Waals surface area contributed by atoms with E-state index in [1.54, 1.807) is 0 Å². The smallest absolute Gasteiger partial charge is 0.181 e. The highest BCUT2D eigenvalue weighted by Crippen LogP contribution is 2.38. The molecule has 0 unspecified atom stereocenters. The Balaban J connectivity index is 1.78. The fourth-order valence-corrected chi connectivity index (χ4v) is 4.64. The van der Waals surface area contributed by atoms with Gasteiger partial charge in [0.1, 0.15) is 13.6 Å². The van der Waals surface area contributed by atoms with Gasteiger partial charge in [-0.05, 0) is 56.8 Å². The van der Waals surface area contributed by atoms with Crippen molar-refractivity contribution in [3.05, 3.63) is 47.2 Å². The highest BCUT2D eigenvalue weighted by molar-refractivity contribution is 5.96. The van der Waals surface area contributed by atoms with Crippen molar-refractivity contribution in [2.24, 2.45) is 10.8 Å². The highest BCUT2D eigenvalue weighted by Gasteiger charge is 2.36. The predicted octanol–water partition coefficient (Wildman–Crippen LogP) is 5.34. The predicted molar refractivity (Wildman–Crippen MR) is 113 cm³/mol. The minimum Gasteiger partial charge on any atom is -0.377 e. The summed E-state index contributed by atoms with van der Waals surface area (Å²) in [4.78, 5) is 2.42. The lowest BCUT2D eigenvalue weighted by Gasteiger charge is -2.23. The maximum absolute atomic E-state index is 2.42. The first-order valence-corrected chi connectivity index (χ1v) is 10.3. The SMILES string of the molecule is CN1CCC(C)(C)/C1=C\C=C1C=C(/C=C/C2=[N+](C)CCC2(C)C)CCC\1. The van der Waals surface area contributed by atoms with Crippen LogP contribution in [0.15, 0.2) is 47.2 Å². The second kappa shape index (κ2) is 7.21. The number of nitrogens with zero attached hydrogens (tertiary/aromatic N) is 2. The molecule has 26 heavy (non-hydrogen) atoms. The zero-order valence-corrected chi connectivity index (χ0v) is 17.7. The van der Waals surface area contributed by atoms with E-state index >= 15 is 0 Å². The molecule has 0 aromatic rings. The minimum atomic E-state index is 0.308. The molecular formula is C24H37N2+. The molecule has 142 valence electrons. The molecule has 3 aliphatic rings. The molecule has 0 N–H and O–H groups in total. The van der Waals surface area contributed by atoms with Gasteiger partial charge in [-0.25, -0.2) is 4.58 Å². The molecule has 2 nitrogen and oxygen atoms in total. The van der Waals surface area contributed by atoms with E-state index in [-0.39, 0.29) is 0 Å². The Bertz CT molecular complexity index is 710. The zero-order valence-electron chi connectivity index (χ0n) is 17.7. The molecule has 0 atom stereocenters. The van der Waals surface area contributed by atoms with E-state index in [4.69, 9.17) is 0 Å². The first-order valence-electron chi connectivity index (χ1n) is 10.3. The Labute approximate surface area is 160 Å². The zero-order chi connectivity index (χ0) is 18.9. The van der Waals surface area contributed by atoms with Gasteiger partial charge in [-0.3, -0.25) is 0 Å². The molecule has 0 radical (unpaired) electrons. The van der Waals surface area contributed by atoms with Gasteiger partial charge in [-0.1, -0.05) is 32.1 Å². The first-order chi connectivity index (χ1) is 12.2. The van der Waals surface area contributed by atoms with Crippen LogP contribution in [0.4, 0.5) is 0 Å². The van der Waals surface area contributed by atoms with Crippen molar-refractivity contribution in [3.63, 3.8) is 0 Å². The van der Waals surface area contributed by atoms with Crippen LogP contribution in [0, 0.1) is 10.8 Å². The number of rotatable bonds is 3. The molecule has 0 aromatic carbocycles.